The Kier molecular flexibility index (Phi) is 1.38. The molecule has 0 aliphatic carbocycles. The first-order valence-corrected chi connectivity index (χ1v) is 4.33. The van der Waals surface area contributed by atoms with E-state index in [1.54, 1.807) is 0 Å². The van der Waals surface area contributed by atoms with Crippen molar-refractivity contribution < 1.29 is 4.99 Å². The summed E-state index contributed by atoms with van der Waals surface area (Å²) in [6.45, 7) is 6.66. The van der Waals surface area contributed by atoms with Crippen molar-refractivity contribution in [1.82, 2.24) is 0 Å². The van der Waals surface area contributed by atoms with Gasteiger partial charge in [0.15, 0.2) is 5.71 Å². The molecule has 0 amide bonds. The van der Waals surface area contributed by atoms with Crippen LogP contribution in [-0.4, -0.2) is 5.71 Å². The number of hydrogen-bond acceptors (Lipinski definition) is 0. The minimum absolute atomic E-state index is 0.191. The molecule has 1 aliphatic heterocycles. The van der Waals surface area contributed by atoms with Crippen LogP contribution < -0.4 is 4.99 Å². The summed E-state index contributed by atoms with van der Waals surface area (Å²) in [5, 5.41) is 0. The maximum atomic E-state index is 3.40. The molecule has 0 unspecified atom stereocenters. The van der Waals surface area contributed by atoms with Gasteiger partial charge in [-0.15, -0.1) is 0 Å². The van der Waals surface area contributed by atoms with Gasteiger partial charge in [0.25, 0.3) is 0 Å². The topological polar surface area (TPSA) is 14.0 Å². The minimum atomic E-state index is 0.191. The van der Waals surface area contributed by atoms with Crippen LogP contribution in [-0.2, 0) is 5.41 Å². The predicted octanol–water partition coefficient (Wildman–Crippen LogP) is 1.15. The summed E-state index contributed by atoms with van der Waals surface area (Å²) in [6.07, 6.45) is 0. The fraction of sp³-hybridized carbons (Fsp3) is 0.364. The normalized spacial score (nSPS) is 18.8. The van der Waals surface area contributed by atoms with Crippen LogP contribution in [0, 0.1) is 0 Å². The molecule has 0 spiro atoms. The maximum Gasteiger partial charge on any atom is 0.207 e. The Balaban J connectivity index is 2.66. The van der Waals surface area contributed by atoms with Gasteiger partial charge in [-0.1, -0.05) is 18.2 Å². The van der Waals surface area contributed by atoms with Gasteiger partial charge in [0.2, 0.25) is 5.69 Å². The summed E-state index contributed by atoms with van der Waals surface area (Å²) >= 11 is 0. The van der Waals surface area contributed by atoms with Gasteiger partial charge in [-0.05, 0) is 13.8 Å². The Labute approximate surface area is 73.1 Å². The summed E-state index contributed by atoms with van der Waals surface area (Å²) in [7, 11) is 0. The highest BCUT2D eigenvalue weighted by Gasteiger charge is 2.37. The van der Waals surface area contributed by atoms with Crippen molar-refractivity contribution in [3.05, 3.63) is 29.8 Å². The van der Waals surface area contributed by atoms with Crippen molar-refractivity contribution in [2.24, 2.45) is 0 Å². The molecule has 0 aromatic heterocycles. The molecule has 12 heavy (non-hydrogen) atoms. The average molecular weight is 160 g/mol. The van der Waals surface area contributed by atoms with E-state index in [0.717, 1.165) is 0 Å². The van der Waals surface area contributed by atoms with Crippen LogP contribution >= 0.6 is 0 Å². The van der Waals surface area contributed by atoms with Crippen molar-refractivity contribution in [3.8, 4) is 0 Å². The van der Waals surface area contributed by atoms with E-state index in [2.05, 4.69) is 50.0 Å². The van der Waals surface area contributed by atoms with Crippen LogP contribution in [0.25, 0.3) is 0 Å². The minimum Gasteiger partial charge on any atom is -0.212 e. The number of rotatable bonds is 0. The van der Waals surface area contributed by atoms with Gasteiger partial charge in [-0.25, -0.2) is 4.99 Å². The van der Waals surface area contributed by atoms with Gasteiger partial charge in [0.1, 0.15) is 0 Å². The summed E-state index contributed by atoms with van der Waals surface area (Å²) < 4.78 is 0. The monoisotopic (exact) mass is 160 g/mol. The largest absolute Gasteiger partial charge is 0.212 e. The first kappa shape index (κ1) is 7.53. The molecule has 1 N–H and O–H groups in total. The van der Waals surface area contributed by atoms with Gasteiger partial charge in [0.05, 0.1) is 5.41 Å². The molecule has 1 heterocycles. The van der Waals surface area contributed by atoms with Crippen LogP contribution in [0.3, 0.4) is 0 Å². The quantitative estimate of drug-likeness (QED) is 0.585. The van der Waals surface area contributed by atoms with E-state index in [0.29, 0.717) is 0 Å². The van der Waals surface area contributed by atoms with Crippen LogP contribution in [0.15, 0.2) is 24.3 Å². The summed E-state index contributed by atoms with van der Waals surface area (Å²) in [5.74, 6) is 0. The van der Waals surface area contributed by atoms with Gasteiger partial charge in [0, 0.05) is 18.6 Å². The molecule has 1 aromatic carbocycles. The van der Waals surface area contributed by atoms with Crippen molar-refractivity contribution in [3.63, 3.8) is 0 Å². The molecule has 0 atom stereocenters. The Morgan fingerprint density at radius 1 is 1.17 bits per heavy atom. The predicted molar refractivity (Wildman–Crippen MR) is 50.8 cm³/mol. The van der Waals surface area contributed by atoms with Crippen LogP contribution in [0.2, 0.25) is 0 Å². The lowest BCUT2D eigenvalue weighted by molar-refractivity contribution is -0.351. The highest BCUT2D eigenvalue weighted by atomic mass is 14.8. The van der Waals surface area contributed by atoms with Crippen LogP contribution in [0.4, 0.5) is 5.69 Å². The second-order valence-corrected chi connectivity index (χ2v) is 3.92. The molecule has 1 nitrogen and oxygen atoms in total. The second-order valence-electron chi connectivity index (χ2n) is 3.92. The van der Waals surface area contributed by atoms with E-state index in [4.69, 9.17) is 0 Å². The molecule has 2 rings (SSSR count). The van der Waals surface area contributed by atoms with Crippen molar-refractivity contribution in [1.29, 1.82) is 0 Å². The first-order valence-electron chi connectivity index (χ1n) is 4.33. The average Bonchev–Trinajstić information content (AvgIpc) is 2.25. The molecule has 1 heteroatoms. The number of para-hydroxylation sites is 1. The van der Waals surface area contributed by atoms with Gasteiger partial charge in [-0.3, -0.25) is 0 Å². The lowest BCUT2D eigenvalue weighted by atomic mass is 9.82. The Hall–Kier alpha value is -1.11. The van der Waals surface area contributed by atoms with Crippen molar-refractivity contribution >= 4 is 11.4 Å². The molecule has 0 fully saturated rings. The SMILES string of the molecule is CC1=[NH+]c2ccccc2C1(C)C. The lowest BCUT2D eigenvalue weighted by Gasteiger charge is -2.14. The summed E-state index contributed by atoms with van der Waals surface area (Å²) in [4.78, 5) is 3.40. The Morgan fingerprint density at radius 2 is 1.83 bits per heavy atom. The van der Waals surface area contributed by atoms with Crippen LogP contribution in [0.1, 0.15) is 26.3 Å². The third-order valence-electron chi connectivity index (χ3n) is 2.86. The van der Waals surface area contributed by atoms with E-state index >= 15 is 0 Å². The first-order chi connectivity index (χ1) is 5.62. The molecule has 0 saturated carbocycles. The molecular weight excluding hydrogens is 146 g/mol. The molecular formula is C11H14N+. The Morgan fingerprint density at radius 3 is 2.50 bits per heavy atom. The third-order valence-corrected chi connectivity index (χ3v) is 2.86. The zero-order valence-electron chi connectivity index (χ0n) is 7.81. The number of benzene rings is 1. The highest BCUT2D eigenvalue weighted by molar-refractivity contribution is 5.91. The third kappa shape index (κ3) is 0.826. The van der Waals surface area contributed by atoms with E-state index in [-0.39, 0.29) is 5.41 Å². The molecule has 0 radical (unpaired) electrons. The van der Waals surface area contributed by atoms with E-state index in [1.165, 1.54) is 17.0 Å². The molecule has 1 aromatic rings. The molecule has 0 bridgehead atoms. The van der Waals surface area contributed by atoms with Gasteiger partial charge < -0.3 is 0 Å². The number of nitrogens with one attached hydrogen (secondary N) is 1. The fourth-order valence-electron chi connectivity index (χ4n) is 1.70. The van der Waals surface area contributed by atoms with Crippen molar-refractivity contribution in [2.45, 2.75) is 26.2 Å². The van der Waals surface area contributed by atoms with Crippen LogP contribution in [0.5, 0.6) is 0 Å². The standard InChI is InChI=1S/C11H13N/c1-8-11(2,3)9-6-4-5-7-10(9)12-8/h4-7H,1-3H3/p+1. The highest BCUT2D eigenvalue weighted by Crippen LogP contribution is 2.30. The van der Waals surface area contributed by atoms with E-state index in [1.807, 2.05) is 0 Å². The zero-order chi connectivity index (χ0) is 8.77. The number of hydrogen-bond donors (Lipinski definition) is 1. The van der Waals surface area contributed by atoms with E-state index in [9.17, 15) is 0 Å². The molecule has 0 saturated heterocycles. The zero-order valence-corrected chi connectivity index (χ0v) is 7.81. The second kappa shape index (κ2) is 2.19. The smallest absolute Gasteiger partial charge is 0.207 e. The molecule has 1 aliphatic rings. The summed E-state index contributed by atoms with van der Waals surface area (Å²) in [6, 6.07) is 8.49. The molecule has 62 valence electrons. The maximum absolute atomic E-state index is 3.40. The van der Waals surface area contributed by atoms with Crippen molar-refractivity contribution in [2.75, 3.05) is 0 Å². The lowest BCUT2D eigenvalue weighted by Crippen LogP contribution is -2.64. The fourth-order valence-corrected chi connectivity index (χ4v) is 1.70. The van der Waals surface area contributed by atoms with E-state index < -0.39 is 0 Å². The number of fused-ring (bicyclic) bond motifs is 1. The van der Waals surface area contributed by atoms with Gasteiger partial charge >= 0.3 is 0 Å². The van der Waals surface area contributed by atoms with Gasteiger partial charge in [-0.2, -0.15) is 0 Å². The Bertz CT molecular complexity index is 348. The summed E-state index contributed by atoms with van der Waals surface area (Å²) in [5.41, 5.74) is 4.20.